The van der Waals surface area contributed by atoms with E-state index >= 15 is 0 Å². The lowest BCUT2D eigenvalue weighted by Crippen LogP contribution is -2.29. The molecule has 0 radical (unpaired) electrons. The van der Waals surface area contributed by atoms with Gasteiger partial charge in [-0.05, 0) is 47.7 Å². The van der Waals surface area contributed by atoms with Crippen LogP contribution in [0.3, 0.4) is 0 Å². The third kappa shape index (κ3) is 6.50. The maximum Gasteiger partial charge on any atom is 0.251 e. The summed E-state index contributed by atoms with van der Waals surface area (Å²) in [6, 6.07) is 15.3. The molecule has 2 aromatic carbocycles. The van der Waals surface area contributed by atoms with Crippen LogP contribution in [0, 0.1) is 5.92 Å². The molecule has 1 saturated heterocycles. The van der Waals surface area contributed by atoms with E-state index in [-0.39, 0.29) is 17.2 Å². The highest BCUT2D eigenvalue weighted by Crippen LogP contribution is 2.39. The first-order chi connectivity index (χ1) is 15.0. The van der Waals surface area contributed by atoms with E-state index < -0.39 is 0 Å². The lowest BCUT2D eigenvalue weighted by Gasteiger charge is -2.24. The van der Waals surface area contributed by atoms with E-state index in [2.05, 4.69) is 19.2 Å². The number of nitrogens with zero attached hydrogens (tertiary/aromatic N) is 1. The van der Waals surface area contributed by atoms with Crippen molar-refractivity contribution in [2.24, 2.45) is 5.92 Å². The summed E-state index contributed by atoms with van der Waals surface area (Å²) < 4.78 is 0. The summed E-state index contributed by atoms with van der Waals surface area (Å²) in [4.78, 5) is 26.9. The minimum atomic E-state index is -0.0428. The van der Waals surface area contributed by atoms with Gasteiger partial charge in [0.2, 0.25) is 5.91 Å². The van der Waals surface area contributed by atoms with Crippen LogP contribution in [0.5, 0.6) is 0 Å². The van der Waals surface area contributed by atoms with Gasteiger partial charge < -0.3 is 10.2 Å². The second-order valence-corrected chi connectivity index (χ2v) is 9.56. The molecule has 2 aromatic rings. The molecule has 4 nitrogen and oxygen atoms in total. The number of thioether (sulfide) groups is 1. The van der Waals surface area contributed by atoms with Gasteiger partial charge in [0.15, 0.2) is 0 Å². The molecule has 1 heterocycles. The van der Waals surface area contributed by atoms with Gasteiger partial charge in [-0.1, -0.05) is 69.0 Å². The Hall–Kier alpha value is -1.98. The van der Waals surface area contributed by atoms with E-state index in [0.717, 1.165) is 30.5 Å². The number of hydrogen-bond donors (Lipinski definition) is 1. The summed E-state index contributed by atoms with van der Waals surface area (Å²) in [5, 5.41) is 3.73. The predicted octanol–water partition coefficient (Wildman–Crippen LogP) is 6.06. The molecular formula is C25H31ClN2O2S. The largest absolute Gasteiger partial charge is 0.352 e. The minimum absolute atomic E-state index is 0.0327. The molecule has 0 bridgehead atoms. The monoisotopic (exact) mass is 458 g/mol. The fraction of sp³-hybridized carbons (Fsp3) is 0.440. The molecule has 3 rings (SSSR count). The van der Waals surface area contributed by atoms with Gasteiger partial charge in [-0.2, -0.15) is 0 Å². The molecule has 166 valence electrons. The van der Waals surface area contributed by atoms with E-state index in [1.165, 1.54) is 12.8 Å². The fourth-order valence-corrected chi connectivity index (χ4v) is 5.08. The SMILES string of the molecule is CCCC[C@@H](CC)CNC(=O)c1ccc([C@H]2SCC(=O)N2Cc2ccc(Cl)cc2)cc1. The number of rotatable bonds is 10. The second kappa shape index (κ2) is 11.6. The number of amides is 2. The van der Waals surface area contributed by atoms with Gasteiger partial charge in [-0.15, -0.1) is 11.8 Å². The molecule has 0 unspecified atom stereocenters. The number of carbonyl (C=O) groups is 2. The lowest BCUT2D eigenvalue weighted by atomic mass is 9.99. The summed E-state index contributed by atoms with van der Waals surface area (Å²) in [6.45, 7) is 5.64. The van der Waals surface area contributed by atoms with Gasteiger partial charge in [0, 0.05) is 23.7 Å². The van der Waals surface area contributed by atoms with Gasteiger partial charge in [0.05, 0.1) is 5.75 Å². The molecule has 2 amide bonds. The van der Waals surface area contributed by atoms with E-state index in [1.54, 1.807) is 11.8 Å². The van der Waals surface area contributed by atoms with Gasteiger partial charge in [0.1, 0.15) is 5.37 Å². The van der Waals surface area contributed by atoms with Crippen LogP contribution in [-0.4, -0.2) is 29.0 Å². The van der Waals surface area contributed by atoms with E-state index in [4.69, 9.17) is 11.6 Å². The third-order valence-electron chi connectivity index (χ3n) is 5.79. The molecule has 1 aliphatic rings. The highest BCUT2D eigenvalue weighted by atomic mass is 35.5. The Morgan fingerprint density at radius 3 is 2.52 bits per heavy atom. The highest BCUT2D eigenvalue weighted by molar-refractivity contribution is 8.00. The molecular weight excluding hydrogens is 428 g/mol. The van der Waals surface area contributed by atoms with Crippen molar-refractivity contribution < 1.29 is 9.59 Å². The number of unbranched alkanes of at least 4 members (excludes halogenated alkanes) is 1. The molecule has 1 N–H and O–H groups in total. The molecule has 1 fully saturated rings. The van der Waals surface area contributed by atoms with Crippen LogP contribution in [-0.2, 0) is 11.3 Å². The maximum absolute atomic E-state index is 12.6. The van der Waals surface area contributed by atoms with E-state index in [9.17, 15) is 9.59 Å². The van der Waals surface area contributed by atoms with Gasteiger partial charge in [-0.25, -0.2) is 0 Å². The molecule has 6 heteroatoms. The number of halogens is 1. The maximum atomic E-state index is 12.6. The van der Waals surface area contributed by atoms with Crippen molar-refractivity contribution >= 4 is 35.2 Å². The zero-order valence-electron chi connectivity index (χ0n) is 18.3. The predicted molar refractivity (Wildman–Crippen MR) is 129 cm³/mol. The number of hydrogen-bond acceptors (Lipinski definition) is 3. The molecule has 2 atom stereocenters. The zero-order valence-corrected chi connectivity index (χ0v) is 19.8. The molecule has 1 aliphatic heterocycles. The summed E-state index contributed by atoms with van der Waals surface area (Å²) in [7, 11) is 0. The van der Waals surface area contributed by atoms with Crippen molar-refractivity contribution in [1.82, 2.24) is 10.2 Å². The first-order valence-corrected chi connectivity index (χ1v) is 12.5. The molecule has 31 heavy (non-hydrogen) atoms. The van der Waals surface area contributed by atoms with Gasteiger partial charge in [0.25, 0.3) is 5.91 Å². The summed E-state index contributed by atoms with van der Waals surface area (Å²) in [5.41, 5.74) is 2.75. The Morgan fingerprint density at radius 1 is 1.16 bits per heavy atom. The lowest BCUT2D eigenvalue weighted by molar-refractivity contribution is -0.128. The molecule has 0 aromatic heterocycles. The van der Waals surface area contributed by atoms with Crippen LogP contribution in [0.1, 0.15) is 66.4 Å². The Kier molecular flexibility index (Phi) is 8.85. The highest BCUT2D eigenvalue weighted by Gasteiger charge is 2.32. The van der Waals surface area contributed by atoms with Crippen molar-refractivity contribution in [3.63, 3.8) is 0 Å². The van der Waals surface area contributed by atoms with Crippen molar-refractivity contribution in [3.8, 4) is 0 Å². The second-order valence-electron chi connectivity index (χ2n) is 8.06. The van der Waals surface area contributed by atoms with Crippen LogP contribution >= 0.6 is 23.4 Å². The quantitative estimate of drug-likeness (QED) is 0.470. The average Bonchev–Trinajstić information content (AvgIpc) is 3.15. The molecule has 0 saturated carbocycles. The van der Waals surface area contributed by atoms with Crippen LogP contribution in [0.25, 0.3) is 0 Å². The van der Waals surface area contributed by atoms with Crippen LogP contribution in [0.4, 0.5) is 0 Å². The zero-order chi connectivity index (χ0) is 22.2. The smallest absolute Gasteiger partial charge is 0.251 e. The average molecular weight is 459 g/mol. The van der Waals surface area contributed by atoms with Crippen molar-refractivity contribution in [1.29, 1.82) is 0 Å². The topological polar surface area (TPSA) is 49.4 Å². The van der Waals surface area contributed by atoms with Crippen molar-refractivity contribution in [2.75, 3.05) is 12.3 Å². The fourth-order valence-electron chi connectivity index (χ4n) is 3.77. The number of benzene rings is 2. The van der Waals surface area contributed by atoms with Crippen molar-refractivity contribution in [2.45, 2.75) is 51.4 Å². The normalized spacial score (nSPS) is 17.1. The number of nitrogens with one attached hydrogen (secondary N) is 1. The summed E-state index contributed by atoms with van der Waals surface area (Å²) >= 11 is 7.60. The van der Waals surface area contributed by atoms with Crippen LogP contribution < -0.4 is 5.32 Å². The minimum Gasteiger partial charge on any atom is -0.352 e. The first kappa shape index (κ1) is 23.7. The Labute approximate surface area is 194 Å². The van der Waals surface area contributed by atoms with E-state index in [1.807, 2.05) is 53.4 Å². The molecule has 0 aliphatic carbocycles. The van der Waals surface area contributed by atoms with E-state index in [0.29, 0.717) is 28.8 Å². The standard InChI is InChI=1S/C25H31ClN2O2S/c1-3-5-6-18(4-2)15-27-24(30)20-9-11-21(12-10-20)25-28(23(29)17-31-25)16-19-7-13-22(26)14-8-19/h7-14,18,25H,3-6,15-17H2,1-2H3,(H,27,30)/t18-,25-/m1/s1. The third-order valence-corrected chi connectivity index (χ3v) is 7.29. The Morgan fingerprint density at radius 2 is 1.87 bits per heavy atom. The Balaban J connectivity index is 1.62. The number of carbonyl (C=O) groups excluding carboxylic acids is 2. The van der Waals surface area contributed by atoms with Crippen molar-refractivity contribution in [3.05, 3.63) is 70.2 Å². The van der Waals surface area contributed by atoms with Crippen LogP contribution in [0.2, 0.25) is 5.02 Å². The van der Waals surface area contributed by atoms with Crippen LogP contribution in [0.15, 0.2) is 48.5 Å². The Bertz CT molecular complexity index is 870. The first-order valence-electron chi connectivity index (χ1n) is 11.1. The van der Waals surface area contributed by atoms with Gasteiger partial charge >= 0.3 is 0 Å². The summed E-state index contributed by atoms with van der Waals surface area (Å²) in [5.74, 6) is 1.10. The van der Waals surface area contributed by atoms with Gasteiger partial charge in [-0.3, -0.25) is 9.59 Å². The molecule has 0 spiro atoms. The summed E-state index contributed by atoms with van der Waals surface area (Å²) in [6.07, 6.45) is 4.62.